The summed E-state index contributed by atoms with van der Waals surface area (Å²) in [6, 6.07) is 10.4. The maximum atomic E-state index is 5.55. The molecule has 3 nitrogen and oxygen atoms in total. The van der Waals surface area contributed by atoms with Crippen LogP contribution in [0.3, 0.4) is 0 Å². The number of hydrogen-bond donors (Lipinski definition) is 1. The Morgan fingerprint density at radius 3 is 3.05 bits per heavy atom. The monoisotopic (exact) mass is 328 g/mol. The van der Waals surface area contributed by atoms with E-state index in [9.17, 15) is 0 Å². The van der Waals surface area contributed by atoms with E-state index in [1.807, 2.05) is 6.07 Å². The molecule has 2 aromatic carbocycles. The highest BCUT2D eigenvalue weighted by Crippen LogP contribution is 2.31. The normalized spacial score (nSPS) is 13.5. The van der Waals surface area contributed by atoms with Crippen molar-refractivity contribution < 1.29 is 4.74 Å². The van der Waals surface area contributed by atoms with E-state index in [0.29, 0.717) is 0 Å². The fourth-order valence-electron chi connectivity index (χ4n) is 2.72. The highest BCUT2D eigenvalue weighted by molar-refractivity contribution is 9.10. The molecule has 3 aromatic rings. The zero-order chi connectivity index (χ0) is 13.7. The number of imidazole rings is 1. The summed E-state index contributed by atoms with van der Waals surface area (Å²) in [6.45, 7) is 2.86. The number of aryl methyl sites for hydroxylation is 1. The fourth-order valence-corrected chi connectivity index (χ4v) is 3.29. The van der Waals surface area contributed by atoms with Gasteiger partial charge in [0.15, 0.2) is 0 Å². The van der Waals surface area contributed by atoms with Crippen LogP contribution in [0.4, 0.5) is 0 Å². The van der Waals surface area contributed by atoms with Gasteiger partial charge in [0.1, 0.15) is 11.6 Å². The van der Waals surface area contributed by atoms with Crippen molar-refractivity contribution in [2.45, 2.75) is 13.3 Å². The smallest absolute Gasteiger partial charge is 0.138 e. The van der Waals surface area contributed by atoms with Crippen molar-refractivity contribution in [3.05, 3.63) is 45.9 Å². The first-order valence-corrected chi connectivity index (χ1v) is 7.42. The number of ether oxygens (including phenoxy) is 1. The number of nitrogens with zero attached hydrogens (tertiary/aromatic N) is 1. The number of fused-ring (bicyclic) bond motifs is 2. The summed E-state index contributed by atoms with van der Waals surface area (Å²) in [7, 11) is 0. The number of hydrogen-bond acceptors (Lipinski definition) is 2. The van der Waals surface area contributed by atoms with Gasteiger partial charge in [-0.3, -0.25) is 0 Å². The average Bonchev–Trinajstić information content (AvgIpc) is 3.03. The summed E-state index contributed by atoms with van der Waals surface area (Å²) >= 11 is 3.53. The van der Waals surface area contributed by atoms with Gasteiger partial charge in [0.25, 0.3) is 0 Å². The number of halogens is 1. The Balaban J connectivity index is 1.88. The van der Waals surface area contributed by atoms with Crippen LogP contribution in [0.2, 0.25) is 0 Å². The lowest BCUT2D eigenvalue weighted by molar-refractivity contribution is 0.357. The van der Waals surface area contributed by atoms with Crippen molar-refractivity contribution in [3.63, 3.8) is 0 Å². The molecule has 0 fully saturated rings. The molecule has 0 atom stereocenters. The Morgan fingerprint density at radius 2 is 2.15 bits per heavy atom. The molecule has 1 aromatic heterocycles. The molecule has 0 bridgehead atoms. The summed E-state index contributed by atoms with van der Waals surface area (Å²) in [6.07, 6.45) is 0.980. The van der Waals surface area contributed by atoms with E-state index in [1.54, 1.807) is 0 Å². The second-order valence-electron chi connectivity index (χ2n) is 5.13. The van der Waals surface area contributed by atoms with E-state index in [1.165, 1.54) is 11.1 Å². The Kier molecular flexibility index (Phi) is 2.60. The van der Waals surface area contributed by atoms with Gasteiger partial charge < -0.3 is 9.72 Å². The second-order valence-corrected chi connectivity index (χ2v) is 6.04. The van der Waals surface area contributed by atoms with Crippen molar-refractivity contribution in [2.75, 3.05) is 6.61 Å². The fraction of sp³-hybridized carbons (Fsp3) is 0.188. The molecule has 2 heterocycles. The summed E-state index contributed by atoms with van der Waals surface area (Å²) in [4.78, 5) is 8.13. The standard InChI is InChI=1S/C16H13BrN2O/c1-9-6-12(17)8-13-15(9)19-16(18-13)11-2-3-14-10(7-11)4-5-20-14/h2-3,6-8H,4-5H2,1H3,(H,18,19). The molecule has 0 unspecified atom stereocenters. The summed E-state index contributed by atoms with van der Waals surface area (Å²) < 4.78 is 6.62. The van der Waals surface area contributed by atoms with Crippen molar-refractivity contribution >= 4 is 27.0 Å². The van der Waals surface area contributed by atoms with Crippen molar-refractivity contribution in [1.29, 1.82) is 0 Å². The van der Waals surface area contributed by atoms with E-state index in [-0.39, 0.29) is 0 Å². The number of rotatable bonds is 1. The summed E-state index contributed by atoms with van der Waals surface area (Å²) in [5.74, 6) is 1.92. The predicted molar refractivity (Wildman–Crippen MR) is 83.2 cm³/mol. The van der Waals surface area contributed by atoms with Crippen LogP contribution in [0.25, 0.3) is 22.4 Å². The third-order valence-corrected chi connectivity index (χ3v) is 4.16. The average molecular weight is 329 g/mol. The van der Waals surface area contributed by atoms with E-state index in [2.05, 4.69) is 52.1 Å². The third-order valence-electron chi connectivity index (χ3n) is 3.70. The number of nitrogens with one attached hydrogen (secondary N) is 1. The first-order chi connectivity index (χ1) is 9.70. The van der Waals surface area contributed by atoms with Crippen molar-refractivity contribution in [1.82, 2.24) is 9.97 Å². The van der Waals surface area contributed by atoms with E-state index in [4.69, 9.17) is 9.72 Å². The largest absolute Gasteiger partial charge is 0.493 e. The third kappa shape index (κ3) is 1.83. The molecular weight excluding hydrogens is 316 g/mol. The second kappa shape index (κ2) is 4.35. The minimum Gasteiger partial charge on any atom is -0.493 e. The molecule has 1 aliphatic rings. The molecular formula is C16H13BrN2O. The molecule has 4 rings (SSSR count). The minimum atomic E-state index is 0.783. The van der Waals surface area contributed by atoms with Crippen LogP contribution in [0, 0.1) is 6.92 Å². The van der Waals surface area contributed by atoms with Gasteiger partial charge in [0.2, 0.25) is 0 Å². The van der Waals surface area contributed by atoms with Crippen molar-refractivity contribution in [2.24, 2.45) is 0 Å². The molecule has 0 radical (unpaired) electrons. The summed E-state index contributed by atoms with van der Waals surface area (Å²) in [5, 5.41) is 0. The Hall–Kier alpha value is -1.81. The van der Waals surface area contributed by atoms with Gasteiger partial charge in [-0.25, -0.2) is 4.98 Å². The Bertz CT molecular complexity index is 823. The molecule has 1 N–H and O–H groups in total. The molecule has 0 saturated heterocycles. The quantitative estimate of drug-likeness (QED) is 0.725. The Morgan fingerprint density at radius 1 is 1.25 bits per heavy atom. The first kappa shape index (κ1) is 12.0. The van der Waals surface area contributed by atoms with E-state index in [0.717, 1.165) is 45.7 Å². The molecule has 1 aliphatic heterocycles. The number of aromatic nitrogens is 2. The SMILES string of the molecule is Cc1cc(Br)cc2[nH]c(-c3ccc4c(c3)CCO4)nc12. The van der Waals surface area contributed by atoms with Crippen LogP contribution >= 0.6 is 15.9 Å². The van der Waals surface area contributed by atoms with E-state index < -0.39 is 0 Å². The molecule has 0 amide bonds. The highest BCUT2D eigenvalue weighted by atomic mass is 79.9. The van der Waals surface area contributed by atoms with Gasteiger partial charge in [0, 0.05) is 16.5 Å². The van der Waals surface area contributed by atoms with Gasteiger partial charge in [0.05, 0.1) is 17.6 Å². The topological polar surface area (TPSA) is 37.9 Å². The number of aromatic amines is 1. The van der Waals surface area contributed by atoms with Crippen LogP contribution in [0.15, 0.2) is 34.8 Å². The minimum absolute atomic E-state index is 0.783. The molecule has 0 spiro atoms. The van der Waals surface area contributed by atoms with Crippen LogP contribution < -0.4 is 4.74 Å². The van der Waals surface area contributed by atoms with Crippen molar-refractivity contribution in [3.8, 4) is 17.1 Å². The van der Waals surface area contributed by atoms with Gasteiger partial charge in [-0.2, -0.15) is 0 Å². The van der Waals surface area contributed by atoms with Crippen LogP contribution in [0.1, 0.15) is 11.1 Å². The maximum Gasteiger partial charge on any atom is 0.138 e. The lowest BCUT2D eigenvalue weighted by atomic mass is 10.1. The van der Waals surface area contributed by atoms with Crippen LogP contribution in [0.5, 0.6) is 5.75 Å². The van der Waals surface area contributed by atoms with Gasteiger partial charge in [-0.05, 0) is 48.4 Å². The number of H-pyrrole nitrogens is 1. The maximum absolute atomic E-state index is 5.55. The van der Waals surface area contributed by atoms with E-state index >= 15 is 0 Å². The molecule has 100 valence electrons. The molecule has 20 heavy (non-hydrogen) atoms. The van der Waals surface area contributed by atoms with Crippen LogP contribution in [-0.4, -0.2) is 16.6 Å². The highest BCUT2D eigenvalue weighted by Gasteiger charge is 2.14. The lowest BCUT2D eigenvalue weighted by Crippen LogP contribution is -1.85. The first-order valence-electron chi connectivity index (χ1n) is 6.63. The predicted octanol–water partition coefficient (Wildman–Crippen LogP) is 4.24. The van der Waals surface area contributed by atoms with Gasteiger partial charge >= 0.3 is 0 Å². The van der Waals surface area contributed by atoms with Gasteiger partial charge in [-0.15, -0.1) is 0 Å². The molecule has 0 aliphatic carbocycles. The Labute approximate surface area is 125 Å². The molecule has 4 heteroatoms. The zero-order valence-corrected chi connectivity index (χ0v) is 12.6. The van der Waals surface area contributed by atoms with Gasteiger partial charge in [-0.1, -0.05) is 15.9 Å². The van der Waals surface area contributed by atoms with Crippen LogP contribution in [-0.2, 0) is 6.42 Å². The number of benzene rings is 2. The zero-order valence-electron chi connectivity index (χ0n) is 11.0. The lowest BCUT2D eigenvalue weighted by Gasteiger charge is -2.01. The molecule has 0 saturated carbocycles. The summed E-state index contributed by atoms with van der Waals surface area (Å²) in [5.41, 5.74) is 5.63.